The molecule has 0 aliphatic heterocycles. The van der Waals surface area contributed by atoms with E-state index in [0.717, 1.165) is 0 Å². The first-order chi connectivity index (χ1) is 25.3. The van der Waals surface area contributed by atoms with Crippen LogP contribution in [0.1, 0.15) is 0 Å². The number of hydrogen-bond donors (Lipinski definition) is 0. The third-order valence-electron chi connectivity index (χ3n) is 10.6. The largest absolute Gasteiger partial charge is 0.309 e. The summed E-state index contributed by atoms with van der Waals surface area (Å²) in [6.45, 7) is 0. The predicted octanol–water partition coefficient (Wildman–Crippen LogP) is 13.6. The van der Waals surface area contributed by atoms with Gasteiger partial charge in [0.2, 0.25) is 0 Å². The third-order valence-corrected chi connectivity index (χ3v) is 11.8. The maximum absolute atomic E-state index is 2.38. The molecular formula is C48H30N2S. The molecular weight excluding hydrogens is 637 g/mol. The molecule has 3 heterocycles. The molecule has 0 saturated heterocycles. The number of aromatic nitrogens is 2. The van der Waals surface area contributed by atoms with Crippen LogP contribution >= 0.6 is 11.3 Å². The number of rotatable bonds is 4. The number of para-hydroxylation sites is 4. The lowest BCUT2D eigenvalue weighted by Gasteiger charge is -2.10. The highest BCUT2D eigenvalue weighted by Crippen LogP contribution is 2.44. The van der Waals surface area contributed by atoms with Crippen molar-refractivity contribution in [3.05, 3.63) is 182 Å². The maximum Gasteiger partial charge on any atom is 0.0541 e. The Morgan fingerprint density at radius 3 is 0.941 bits per heavy atom. The van der Waals surface area contributed by atoms with Crippen molar-refractivity contribution in [2.75, 3.05) is 0 Å². The lowest BCUT2D eigenvalue weighted by molar-refractivity contribution is 1.18. The van der Waals surface area contributed by atoms with E-state index >= 15 is 0 Å². The van der Waals surface area contributed by atoms with E-state index in [1.54, 1.807) is 0 Å². The van der Waals surface area contributed by atoms with Gasteiger partial charge < -0.3 is 9.13 Å². The van der Waals surface area contributed by atoms with Crippen LogP contribution in [0, 0.1) is 0 Å². The van der Waals surface area contributed by atoms with Gasteiger partial charge in [0.25, 0.3) is 0 Å². The van der Waals surface area contributed by atoms with Gasteiger partial charge in [-0.2, -0.15) is 0 Å². The number of nitrogens with zero attached hydrogens (tertiary/aromatic N) is 2. The topological polar surface area (TPSA) is 9.86 Å². The number of thiophene rings is 1. The minimum atomic E-state index is 1.17. The van der Waals surface area contributed by atoms with E-state index in [2.05, 4.69) is 191 Å². The molecule has 0 bridgehead atoms. The summed E-state index contributed by atoms with van der Waals surface area (Å²) in [5, 5.41) is 7.74. The molecule has 51 heavy (non-hydrogen) atoms. The highest BCUT2D eigenvalue weighted by Gasteiger charge is 2.16. The zero-order valence-corrected chi connectivity index (χ0v) is 28.4. The van der Waals surface area contributed by atoms with Crippen LogP contribution in [0.4, 0.5) is 0 Å². The fourth-order valence-electron chi connectivity index (χ4n) is 8.26. The number of fused-ring (bicyclic) bond motifs is 9. The molecule has 11 aromatic rings. The molecule has 0 aliphatic carbocycles. The zero-order valence-electron chi connectivity index (χ0n) is 27.6. The molecule has 238 valence electrons. The molecule has 0 fully saturated rings. The normalized spacial score (nSPS) is 11.9. The van der Waals surface area contributed by atoms with Gasteiger partial charge in [0.05, 0.1) is 22.1 Å². The summed E-state index contributed by atoms with van der Waals surface area (Å²) in [6.07, 6.45) is 0. The van der Waals surface area contributed by atoms with E-state index < -0.39 is 0 Å². The molecule has 0 spiro atoms. The van der Waals surface area contributed by atoms with Crippen LogP contribution in [0.25, 0.3) is 97.4 Å². The molecule has 0 atom stereocenters. The molecule has 0 amide bonds. The Kier molecular flexibility index (Phi) is 6.16. The monoisotopic (exact) mass is 666 g/mol. The highest BCUT2D eigenvalue weighted by atomic mass is 32.1. The van der Waals surface area contributed by atoms with Crippen molar-refractivity contribution in [1.82, 2.24) is 9.13 Å². The first-order valence-electron chi connectivity index (χ1n) is 17.4. The van der Waals surface area contributed by atoms with Crippen LogP contribution in [0.3, 0.4) is 0 Å². The van der Waals surface area contributed by atoms with E-state index in [1.165, 1.54) is 97.4 Å². The first-order valence-corrected chi connectivity index (χ1v) is 18.3. The van der Waals surface area contributed by atoms with Crippen LogP contribution in [0.5, 0.6) is 0 Å². The van der Waals surface area contributed by atoms with Crippen molar-refractivity contribution in [3.63, 3.8) is 0 Å². The second-order valence-electron chi connectivity index (χ2n) is 13.3. The van der Waals surface area contributed by atoms with Gasteiger partial charge in [-0.15, -0.1) is 11.3 Å². The van der Waals surface area contributed by atoms with E-state index in [9.17, 15) is 0 Å². The summed E-state index contributed by atoms with van der Waals surface area (Å²) < 4.78 is 7.42. The molecule has 0 unspecified atom stereocenters. The molecule has 0 N–H and O–H groups in total. The standard InChI is InChI=1S/C48H30N2S/c1-5-19-43-37(11-1)38-12-2-6-20-44(38)49(43)33-27-23-31(24-28-33)35-15-9-17-41-42-18-10-16-36(48(42)51-47(35)41)32-25-29-34(30-26-32)50-45-21-7-3-13-39(45)40-14-4-8-22-46(40)50/h1-30H. The summed E-state index contributed by atoms with van der Waals surface area (Å²) >= 11 is 1.91. The van der Waals surface area contributed by atoms with E-state index in [4.69, 9.17) is 0 Å². The van der Waals surface area contributed by atoms with Gasteiger partial charge in [-0.1, -0.05) is 133 Å². The van der Waals surface area contributed by atoms with Crippen LogP contribution < -0.4 is 0 Å². The summed E-state index contributed by atoms with van der Waals surface area (Å²) in [5.74, 6) is 0. The molecule has 0 aliphatic rings. The lowest BCUT2D eigenvalue weighted by Crippen LogP contribution is -1.93. The van der Waals surface area contributed by atoms with Crippen molar-refractivity contribution in [2.24, 2.45) is 0 Å². The average Bonchev–Trinajstić information content (AvgIpc) is 3.86. The Bertz CT molecular complexity index is 2800. The summed E-state index contributed by atoms with van der Waals surface area (Å²) in [5.41, 5.74) is 12.3. The van der Waals surface area contributed by atoms with Crippen molar-refractivity contribution in [2.45, 2.75) is 0 Å². The van der Waals surface area contributed by atoms with Crippen LogP contribution in [-0.4, -0.2) is 9.13 Å². The highest BCUT2D eigenvalue weighted by molar-refractivity contribution is 7.26. The molecule has 8 aromatic carbocycles. The molecule has 0 radical (unpaired) electrons. The van der Waals surface area contributed by atoms with Crippen molar-refractivity contribution < 1.29 is 0 Å². The number of hydrogen-bond acceptors (Lipinski definition) is 1. The summed E-state index contributed by atoms with van der Waals surface area (Å²) in [4.78, 5) is 0. The smallest absolute Gasteiger partial charge is 0.0541 e. The van der Waals surface area contributed by atoms with E-state index in [1.807, 2.05) is 11.3 Å². The minimum Gasteiger partial charge on any atom is -0.309 e. The average molecular weight is 667 g/mol. The second kappa shape index (κ2) is 11.0. The van der Waals surface area contributed by atoms with Gasteiger partial charge in [0.15, 0.2) is 0 Å². The van der Waals surface area contributed by atoms with Crippen LogP contribution in [0.15, 0.2) is 182 Å². The molecule has 11 rings (SSSR count). The fraction of sp³-hybridized carbons (Fsp3) is 0. The molecule has 0 saturated carbocycles. The Balaban J connectivity index is 1.00. The van der Waals surface area contributed by atoms with Gasteiger partial charge >= 0.3 is 0 Å². The van der Waals surface area contributed by atoms with Gasteiger partial charge in [0, 0.05) is 53.1 Å². The van der Waals surface area contributed by atoms with Gasteiger partial charge in [-0.05, 0) is 70.8 Å². The predicted molar refractivity (Wildman–Crippen MR) is 219 cm³/mol. The quantitative estimate of drug-likeness (QED) is 0.177. The van der Waals surface area contributed by atoms with E-state index in [0.29, 0.717) is 0 Å². The Morgan fingerprint density at radius 2 is 0.588 bits per heavy atom. The van der Waals surface area contributed by atoms with Crippen LogP contribution in [-0.2, 0) is 0 Å². The first kappa shape index (κ1) is 28.4. The fourth-order valence-corrected chi connectivity index (χ4v) is 9.63. The Labute approximate surface area is 298 Å². The van der Waals surface area contributed by atoms with Gasteiger partial charge in [0.1, 0.15) is 0 Å². The van der Waals surface area contributed by atoms with Gasteiger partial charge in [-0.3, -0.25) is 0 Å². The molecule has 3 aromatic heterocycles. The minimum absolute atomic E-state index is 1.17. The van der Waals surface area contributed by atoms with Crippen molar-refractivity contribution in [3.8, 4) is 33.6 Å². The Morgan fingerprint density at radius 1 is 0.275 bits per heavy atom. The number of benzene rings is 8. The zero-order chi connectivity index (χ0) is 33.5. The summed E-state index contributed by atoms with van der Waals surface area (Å²) in [7, 11) is 0. The van der Waals surface area contributed by atoms with Gasteiger partial charge in [-0.25, -0.2) is 0 Å². The third kappa shape index (κ3) is 4.22. The molecule has 2 nitrogen and oxygen atoms in total. The van der Waals surface area contributed by atoms with Crippen molar-refractivity contribution in [1.29, 1.82) is 0 Å². The van der Waals surface area contributed by atoms with Crippen molar-refractivity contribution >= 4 is 75.1 Å². The van der Waals surface area contributed by atoms with Crippen LogP contribution in [0.2, 0.25) is 0 Å². The van der Waals surface area contributed by atoms with E-state index in [-0.39, 0.29) is 0 Å². The Hall–Kier alpha value is -6.42. The lowest BCUT2D eigenvalue weighted by atomic mass is 10.00. The molecule has 3 heteroatoms. The SMILES string of the molecule is c1cc(-c2ccc(-n3c4ccccc4c4ccccc43)cc2)c2sc3c(-c4ccc(-n5c6ccccc6c6ccccc65)cc4)cccc3c2c1. The maximum atomic E-state index is 2.38. The summed E-state index contributed by atoms with van der Waals surface area (Å²) in [6, 6.07) is 66.5. The second-order valence-corrected chi connectivity index (χ2v) is 14.3.